The van der Waals surface area contributed by atoms with Gasteiger partial charge in [0.05, 0.1) is 11.6 Å². The first-order valence-corrected chi connectivity index (χ1v) is 6.10. The van der Waals surface area contributed by atoms with E-state index in [2.05, 4.69) is 0 Å². The lowest BCUT2D eigenvalue weighted by Crippen LogP contribution is -2.30. The minimum atomic E-state index is -4.36. The minimum Gasteiger partial charge on any atom is -0.478 e. The Kier molecular flexibility index (Phi) is 3.85. The summed E-state index contributed by atoms with van der Waals surface area (Å²) >= 11 is 0. The lowest BCUT2D eigenvalue weighted by atomic mass is 9.96. The molecule has 1 aromatic rings. The van der Waals surface area contributed by atoms with Gasteiger partial charge in [-0.3, -0.25) is 4.90 Å². The maximum Gasteiger partial charge on any atom is 0.416 e. The second-order valence-corrected chi connectivity index (χ2v) is 4.79. The zero-order valence-electron chi connectivity index (χ0n) is 10.8. The van der Waals surface area contributed by atoms with E-state index >= 15 is 0 Å². The molecule has 1 heterocycles. The molecular formula is C14H14F3NO2. The van der Waals surface area contributed by atoms with Gasteiger partial charge in [0, 0.05) is 12.1 Å². The molecule has 0 aromatic heterocycles. The van der Waals surface area contributed by atoms with Crippen LogP contribution in [0.1, 0.15) is 23.6 Å². The first-order chi connectivity index (χ1) is 9.29. The van der Waals surface area contributed by atoms with Gasteiger partial charge in [0.15, 0.2) is 0 Å². The summed E-state index contributed by atoms with van der Waals surface area (Å²) in [5, 5.41) is 9.00. The Morgan fingerprint density at radius 3 is 2.40 bits per heavy atom. The summed E-state index contributed by atoms with van der Waals surface area (Å²) in [5.41, 5.74) is 0.245. The zero-order chi connectivity index (χ0) is 14.9. The van der Waals surface area contributed by atoms with Gasteiger partial charge in [0.25, 0.3) is 0 Å². The molecule has 20 heavy (non-hydrogen) atoms. The Labute approximate surface area is 114 Å². The van der Waals surface area contributed by atoms with Crippen LogP contribution in [0.25, 0.3) is 0 Å². The fourth-order valence-electron chi connectivity index (χ4n) is 2.24. The summed E-state index contributed by atoms with van der Waals surface area (Å²) in [4.78, 5) is 12.9. The van der Waals surface area contributed by atoms with Gasteiger partial charge in [-0.1, -0.05) is 18.2 Å². The average molecular weight is 285 g/mol. The van der Waals surface area contributed by atoms with Crippen LogP contribution in [0.5, 0.6) is 0 Å². The van der Waals surface area contributed by atoms with Crippen molar-refractivity contribution in [2.45, 2.75) is 18.6 Å². The quantitative estimate of drug-likeness (QED) is 0.907. The van der Waals surface area contributed by atoms with E-state index < -0.39 is 17.7 Å². The third-order valence-electron chi connectivity index (χ3n) is 3.42. The number of halogens is 3. The monoisotopic (exact) mass is 285 g/mol. The van der Waals surface area contributed by atoms with Crippen LogP contribution in [0, 0.1) is 0 Å². The molecule has 3 nitrogen and oxygen atoms in total. The molecule has 0 radical (unpaired) electrons. The summed E-state index contributed by atoms with van der Waals surface area (Å²) in [6.07, 6.45) is -2.34. The van der Waals surface area contributed by atoms with E-state index in [1.54, 1.807) is 6.08 Å². The lowest BCUT2D eigenvalue weighted by Gasteiger charge is -2.30. The number of rotatable bonds is 2. The van der Waals surface area contributed by atoms with E-state index in [1.807, 2.05) is 11.9 Å². The summed E-state index contributed by atoms with van der Waals surface area (Å²) in [6, 6.07) is 4.52. The topological polar surface area (TPSA) is 40.5 Å². The van der Waals surface area contributed by atoms with E-state index in [1.165, 1.54) is 12.1 Å². The highest BCUT2D eigenvalue weighted by molar-refractivity contribution is 5.86. The van der Waals surface area contributed by atoms with Gasteiger partial charge in [0.1, 0.15) is 0 Å². The van der Waals surface area contributed by atoms with Gasteiger partial charge < -0.3 is 5.11 Å². The molecule has 0 aliphatic carbocycles. The van der Waals surface area contributed by atoms with Crippen LogP contribution in [0.15, 0.2) is 35.9 Å². The molecule has 1 aliphatic rings. The van der Waals surface area contributed by atoms with E-state index in [-0.39, 0.29) is 6.04 Å². The van der Waals surface area contributed by atoms with Crippen molar-refractivity contribution in [3.63, 3.8) is 0 Å². The average Bonchev–Trinajstić information content (AvgIpc) is 2.38. The maximum atomic E-state index is 12.5. The molecule has 108 valence electrons. The maximum absolute atomic E-state index is 12.5. The SMILES string of the molecule is CN1CCC(C(=O)O)=CC1c1ccc(C(F)(F)F)cc1. The Bertz CT molecular complexity index is 534. The van der Waals surface area contributed by atoms with E-state index in [0.717, 1.165) is 12.1 Å². The number of hydrogen-bond donors (Lipinski definition) is 1. The number of benzene rings is 1. The molecule has 0 fully saturated rings. The van der Waals surface area contributed by atoms with Crippen LogP contribution in [0.3, 0.4) is 0 Å². The molecule has 0 saturated carbocycles. The fourth-order valence-corrected chi connectivity index (χ4v) is 2.24. The van der Waals surface area contributed by atoms with Crippen molar-refractivity contribution in [1.29, 1.82) is 0 Å². The molecule has 0 amide bonds. The number of alkyl halides is 3. The number of aliphatic carboxylic acids is 1. The molecule has 1 aromatic carbocycles. The highest BCUT2D eigenvalue weighted by Crippen LogP contribution is 2.32. The second-order valence-electron chi connectivity index (χ2n) is 4.79. The summed E-state index contributed by atoms with van der Waals surface area (Å²) in [6.45, 7) is 0.559. The molecule has 0 saturated heterocycles. The fraction of sp³-hybridized carbons (Fsp3) is 0.357. The van der Waals surface area contributed by atoms with Gasteiger partial charge in [0.2, 0.25) is 0 Å². The number of carboxylic acid groups (broad SMARTS) is 1. The zero-order valence-corrected chi connectivity index (χ0v) is 10.8. The van der Waals surface area contributed by atoms with Crippen molar-refractivity contribution in [2.75, 3.05) is 13.6 Å². The number of nitrogens with zero attached hydrogens (tertiary/aromatic N) is 1. The van der Waals surface area contributed by atoms with Crippen LogP contribution >= 0.6 is 0 Å². The van der Waals surface area contributed by atoms with E-state index in [4.69, 9.17) is 5.11 Å². The standard InChI is InChI=1S/C14H14F3NO2/c1-18-7-6-10(13(19)20)8-12(18)9-2-4-11(5-3-9)14(15,16)17/h2-5,8,12H,6-7H2,1H3,(H,19,20). The van der Waals surface area contributed by atoms with Crippen molar-refractivity contribution >= 4 is 5.97 Å². The Morgan fingerprint density at radius 2 is 1.90 bits per heavy atom. The molecule has 0 spiro atoms. The molecule has 1 N–H and O–H groups in total. The number of hydrogen-bond acceptors (Lipinski definition) is 2. The smallest absolute Gasteiger partial charge is 0.416 e. The number of likely N-dealkylation sites (N-methyl/N-ethyl adjacent to an activating group) is 1. The molecule has 6 heteroatoms. The predicted octanol–water partition coefficient (Wildman–Crippen LogP) is 3.09. The predicted molar refractivity (Wildman–Crippen MR) is 67.2 cm³/mol. The van der Waals surface area contributed by atoms with E-state index in [0.29, 0.717) is 24.1 Å². The van der Waals surface area contributed by atoms with Crippen molar-refractivity contribution < 1.29 is 23.1 Å². The highest BCUT2D eigenvalue weighted by atomic mass is 19.4. The molecule has 0 bridgehead atoms. The van der Waals surface area contributed by atoms with Crippen LogP contribution in [-0.4, -0.2) is 29.6 Å². The molecule has 1 aliphatic heterocycles. The third kappa shape index (κ3) is 3.01. The van der Waals surface area contributed by atoms with Gasteiger partial charge in [-0.25, -0.2) is 4.79 Å². The lowest BCUT2D eigenvalue weighted by molar-refractivity contribution is -0.137. The summed E-state index contributed by atoms with van der Waals surface area (Å²) in [7, 11) is 1.82. The van der Waals surface area contributed by atoms with Crippen LogP contribution in [0.2, 0.25) is 0 Å². The highest BCUT2D eigenvalue weighted by Gasteiger charge is 2.30. The van der Waals surface area contributed by atoms with Crippen molar-refractivity contribution in [1.82, 2.24) is 4.90 Å². The molecular weight excluding hydrogens is 271 g/mol. The minimum absolute atomic E-state index is 0.299. The normalized spacial score (nSPS) is 20.6. The van der Waals surface area contributed by atoms with Crippen molar-refractivity contribution in [3.8, 4) is 0 Å². The Balaban J connectivity index is 2.30. The summed E-state index contributed by atoms with van der Waals surface area (Å²) in [5.74, 6) is -0.977. The third-order valence-corrected chi connectivity index (χ3v) is 3.42. The first-order valence-electron chi connectivity index (χ1n) is 6.10. The van der Waals surface area contributed by atoms with Crippen LogP contribution in [-0.2, 0) is 11.0 Å². The second kappa shape index (κ2) is 5.28. The van der Waals surface area contributed by atoms with E-state index in [9.17, 15) is 18.0 Å². The van der Waals surface area contributed by atoms with Crippen molar-refractivity contribution in [2.24, 2.45) is 0 Å². The van der Waals surface area contributed by atoms with Gasteiger partial charge in [-0.2, -0.15) is 13.2 Å². The van der Waals surface area contributed by atoms with Gasteiger partial charge >= 0.3 is 12.1 Å². The Morgan fingerprint density at radius 1 is 1.30 bits per heavy atom. The van der Waals surface area contributed by atoms with Gasteiger partial charge in [-0.05, 0) is 31.2 Å². The van der Waals surface area contributed by atoms with Gasteiger partial charge in [-0.15, -0.1) is 0 Å². The number of carboxylic acids is 1. The molecule has 2 rings (SSSR count). The van der Waals surface area contributed by atoms with Crippen LogP contribution in [0.4, 0.5) is 13.2 Å². The Hall–Kier alpha value is -1.82. The van der Waals surface area contributed by atoms with Crippen LogP contribution < -0.4 is 0 Å². The van der Waals surface area contributed by atoms with Crippen molar-refractivity contribution in [3.05, 3.63) is 47.0 Å². The largest absolute Gasteiger partial charge is 0.478 e. The number of carbonyl (C=O) groups is 1. The molecule has 1 atom stereocenters. The first kappa shape index (κ1) is 14.6. The molecule has 1 unspecified atom stereocenters. The summed E-state index contributed by atoms with van der Waals surface area (Å²) < 4.78 is 37.5.